The van der Waals surface area contributed by atoms with Crippen molar-refractivity contribution in [3.05, 3.63) is 50.9 Å². The second-order valence-corrected chi connectivity index (χ2v) is 3.10. The molecule has 2 rings (SSSR count). The average molecular weight is 268 g/mol. The van der Waals surface area contributed by atoms with Crippen LogP contribution in [-0.2, 0) is 0 Å². The molecule has 100 valence electrons. The lowest BCUT2D eigenvalue weighted by Gasteiger charge is -1.91. The van der Waals surface area contributed by atoms with Gasteiger partial charge in [-0.2, -0.15) is 4.39 Å². The van der Waals surface area contributed by atoms with E-state index in [1.165, 1.54) is 12.3 Å². The predicted octanol–water partition coefficient (Wildman–Crippen LogP) is -1.64. The number of hydrogen-bond acceptors (Lipinski definition) is 6. The van der Waals surface area contributed by atoms with Gasteiger partial charge in [0.25, 0.3) is 11.5 Å². The van der Waals surface area contributed by atoms with E-state index in [9.17, 15) is 18.8 Å². The number of primary amides is 1. The summed E-state index contributed by atoms with van der Waals surface area (Å²) < 4.78 is 12.2. The zero-order valence-electron chi connectivity index (χ0n) is 9.38. The Morgan fingerprint density at radius 1 is 1.37 bits per heavy atom. The molecule has 2 aromatic rings. The van der Waals surface area contributed by atoms with Gasteiger partial charge in [0.1, 0.15) is 5.82 Å². The molecule has 2 heterocycles. The summed E-state index contributed by atoms with van der Waals surface area (Å²) in [5.74, 6) is -1.66. The molecule has 0 aliphatic rings. The zero-order valence-corrected chi connectivity index (χ0v) is 9.38. The molecular weight excluding hydrogens is 259 g/mol. The maximum absolute atomic E-state index is 12.2. The number of anilines is 1. The molecule has 0 aliphatic heterocycles. The number of H-pyrrole nitrogens is 2. The zero-order chi connectivity index (χ0) is 14.4. The number of rotatable bonds is 1. The average Bonchev–Trinajstić information content (AvgIpc) is 2.32. The molecule has 0 saturated heterocycles. The molecule has 0 spiro atoms. The van der Waals surface area contributed by atoms with Crippen molar-refractivity contribution in [1.82, 2.24) is 19.9 Å². The summed E-state index contributed by atoms with van der Waals surface area (Å²) in [6.45, 7) is 0. The number of aromatic amines is 2. The first-order valence-corrected chi connectivity index (χ1v) is 4.76. The molecule has 0 aliphatic carbocycles. The van der Waals surface area contributed by atoms with Crippen molar-refractivity contribution < 1.29 is 9.18 Å². The van der Waals surface area contributed by atoms with Crippen LogP contribution in [-0.4, -0.2) is 25.8 Å². The highest BCUT2D eigenvalue weighted by Crippen LogP contribution is 1.86. The van der Waals surface area contributed by atoms with Gasteiger partial charge in [-0.3, -0.25) is 14.6 Å². The van der Waals surface area contributed by atoms with Crippen molar-refractivity contribution in [1.29, 1.82) is 0 Å². The number of hydrogen-bond donors (Lipinski definition) is 4. The van der Waals surface area contributed by atoms with Gasteiger partial charge in [-0.1, -0.05) is 0 Å². The first kappa shape index (κ1) is 14.0. The molecular formula is C9H9FN6O3. The number of carbonyl (C=O) groups excluding carboxylic acids is 1. The number of nitrogens with one attached hydrogen (secondary N) is 2. The van der Waals surface area contributed by atoms with Crippen molar-refractivity contribution in [2.75, 3.05) is 5.73 Å². The van der Waals surface area contributed by atoms with Crippen molar-refractivity contribution in [3.8, 4) is 0 Å². The minimum Gasteiger partial charge on any atom is -0.385 e. The Hall–Kier alpha value is -3.04. The van der Waals surface area contributed by atoms with Crippen LogP contribution in [0, 0.1) is 5.95 Å². The fourth-order valence-corrected chi connectivity index (χ4v) is 0.933. The van der Waals surface area contributed by atoms with E-state index in [4.69, 9.17) is 11.5 Å². The van der Waals surface area contributed by atoms with Crippen LogP contribution in [0.5, 0.6) is 0 Å². The maximum atomic E-state index is 12.2. The minimum atomic E-state index is -1.05. The normalized spacial score (nSPS) is 9.32. The molecule has 0 aromatic carbocycles. The second kappa shape index (κ2) is 6.05. The van der Waals surface area contributed by atoms with Gasteiger partial charge in [-0.25, -0.2) is 14.8 Å². The summed E-state index contributed by atoms with van der Waals surface area (Å²) in [6.07, 6.45) is 2.10. The lowest BCUT2D eigenvalue weighted by Crippen LogP contribution is -2.25. The van der Waals surface area contributed by atoms with E-state index in [1.54, 1.807) is 0 Å². The number of nitrogen functional groups attached to an aromatic ring is 1. The van der Waals surface area contributed by atoms with Crippen molar-refractivity contribution >= 4 is 11.7 Å². The molecule has 0 radical (unpaired) electrons. The molecule has 10 heteroatoms. The molecule has 1 amide bonds. The summed E-state index contributed by atoms with van der Waals surface area (Å²) in [5.41, 5.74) is 8.03. The predicted molar refractivity (Wildman–Crippen MR) is 62.6 cm³/mol. The fraction of sp³-hybridized carbons (Fsp3) is 0. The third-order valence-corrected chi connectivity index (χ3v) is 1.69. The van der Waals surface area contributed by atoms with Crippen LogP contribution >= 0.6 is 0 Å². The number of nitrogens with zero attached hydrogens (tertiary/aromatic N) is 2. The van der Waals surface area contributed by atoms with Gasteiger partial charge >= 0.3 is 5.69 Å². The van der Waals surface area contributed by atoms with Gasteiger partial charge < -0.3 is 16.5 Å². The first-order valence-electron chi connectivity index (χ1n) is 4.76. The van der Waals surface area contributed by atoms with Crippen LogP contribution in [0.3, 0.4) is 0 Å². The quantitative estimate of drug-likeness (QED) is 0.485. The number of carbonyl (C=O) groups is 1. The van der Waals surface area contributed by atoms with Gasteiger partial charge in [0, 0.05) is 6.20 Å². The van der Waals surface area contributed by atoms with Gasteiger partial charge in [0.05, 0.1) is 6.20 Å². The van der Waals surface area contributed by atoms with Crippen LogP contribution in [0.15, 0.2) is 28.0 Å². The van der Waals surface area contributed by atoms with E-state index in [1.807, 2.05) is 4.98 Å². The molecule has 19 heavy (non-hydrogen) atoms. The molecule has 0 unspecified atom stereocenters. The Morgan fingerprint density at radius 3 is 2.47 bits per heavy atom. The molecule has 0 bridgehead atoms. The van der Waals surface area contributed by atoms with Crippen LogP contribution < -0.4 is 22.7 Å². The lowest BCUT2D eigenvalue weighted by molar-refractivity contribution is 0.0992. The van der Waals surface area contributed by atoms with Crippen molar-refractivity contribution in [3.63, 3.8) is 0 Å². The van der Waals surface area contributed by atoms with Crippen LogP contribution in [0.25, 0.3) is 0 Å². The van der Waals surface area contributed by atoms with E-state index in [0.29, 0.717) is 5.82 Å². The third-order valence-electron chi connectivity index (χ3n) is 1.69. The molecule has 0 fully saturated rings. The SMILES string of the molecule is NC(=O)c1nc(F)c[nH]c1=O.Nc1ccnc(=O)[nH]1. The van der Waals surface area contributed by atoms with Crippen LogP contribution in [0.4, 0.5) is 10.2 Å². The standard InChI is InChI=1S/C5H4FN3O2.C4H5N3O/c6-2-1-8-5(11)3(9-2)4(7)10;5-3-1-2-6-4(8)7-3/h1H,(H2,7,10)(H,8,11);1-2H,(H3,5,6,7,8). The topological polar surface area (TPSA) is 161 Å². The number of halogens is 1. The monoisotopic (exact) mass is 268 g/mol. The Morgan fingerprint density at radius 2 is 2.05 bits per heavy atom. The third kappa shape index (κ3) is 4.38. The Balaban J connectivity index is 0.000000200. The molecule has 0 saturated carbocycles. The highest BCUT2D eigenvalue weighted by molar-refractivity contribution is 5.90. The molecule has 6 N–H and O–H groups in total. The largest absolute Gasteiger partial charge is 0.385 e. The van der Waals surface area contributed by atoms with E-state index in [2.05, 4.69) is 15.0 Å². The first-order chi connectivity index (χ1) is 8.90. The Kier molecular flexibility index (Phi) is 4.46. The summed E-state index contributed by atoms with van der Waals surface area (Å²) in [6, 6.07) is 1.52. The van der Waals surface area contributed by atoms with Crippen LogP contribution in [0.2, 0.25) is 0 Å². The molecule has 2 aromatic heterocycles. The van der Waals surface area contributed by atoms with Gasteiger partial charge in [0.15, 0.2) is 5.69 Å². The Labute approximate surface area is 104 Å². The second-order valence-electron chi connectivity index (χ2n) is 3.10. The number of aromatic nitrogens is 4. The molecule has 9 nitrogen and oxygen atoms in total. The lowest BCUT2D eigenvalue weighted by atomic mass is 10.4. The minimum absolute atomic E-state index is 0.338. The van der Waals surface area contributed by atoms with Gasteiger partial charge in [-0.05, 0) is 6.07 Å². The van der Waals surface area contributed by atoms with Gasteiger partial charge in [0.2, 0.25) is 5.95 Å². The highest BCUT2D eigenvalue weighted by Gasteiger charge is 2.08. The van der Waals surface area contributed by atoms with Gasteiger partial charge in [-0.15, -0.1) is 0 Å². The van der Waals surface area contributed by atoms with Crippen molar-refractivity contribution in [2.45, 2.75) is 0 Å². The highest BCUT2D eigenvalue weighted by atomic mass is 19.1. The number of amides is 1. The van der Waals surface area contributed by atoms with Crippen molar-refractivity contribution in [2.24, 2.45) is 5.73 Å². The van der Waals surface area contributed by atoms with E-state index in [-0.39, 0.29) is 0 Å². The summed E-state index contributed by atoms with van der Waals surface area (Å²) in [4.78, 5) is 41.8. The summed E-state index contributed by atoms with van der Waals surface area (Å²) in [5, 5.41) is 0. The smallest absolute Gasteiger partial charge is 0.346 e. The van der Waals surface area contributed by atoms with E-state index >= 15 is 0 Å². The Bertz CT molecular complexity index is 695. The van der Waals surface area contributed by atoms with Crippen LogP contribution in [0.1, 0.15) is 10.5 Å². The van der Waals surface area contributed by atoms with E-state index < -0.39 is 28.8 Å². The van der Waals surface area contributed by atoms with E-state index in [0.717, 1.165) is 6.20 Å². The number of nitrogens with two attached hydrogens (primary N) is 2. The summed E-state index contributed by atoms with van der Waals surface area (Å²) in [7, 11) is 0. The molecule has 0 atom stereocenters. The maximum Gasteiger partial charge on any atom is 0.346 e. The fourth-order valence-electron chi connectivity index (χ4n) is 0.933. The summed E-state index contributed by atoms with van der Waals surface area (Å²) >= 11 is 0.